The van der Waals surface area contributed by atoms with Gasteiger partial charge in [-0.05, 0) is 34.6 Å². The van der Waals surface area contributed by atoms with Crippen molar-refractivity contribution in [1.29, 1.82) is 0 Å². The van der Waals surface area contributed by atoms with Gasteiger partial charge in [0.05, 0.1) is 11.1 Å². The number of esters is 1. The summed E-state index contributed by atoms with van der Waals surface area (Å²) in [6.07, 6.45) is 3.71. The van der Waals surface area contributed by atoms with Gasteiger partial charge in [0, 0.05) is 44.0 Å². The number of hydrogen-bond acceptors (Lipinski definition) is 5. The number of nitrogens with one attached hydrogen (secondary N) is 1. The van der Waals surface area contributed by atoms with Gasteiger partial charge in [0.25, 0.3) is 5.56 Å². The number of aryl methyl sites for hydroxylation is 2. The largest absolute Gasteiger partial charge is 0.456 e. The summed E-state index contributed by atoms with van der Waals surface area (Å²) in [7, 11) is 3.27. The second kappa shape index (κ2) is 7.64. The number of rotatable bonds is 4. The van der Waals surface area contributed by atoms with Crippen LogP contribution in [0.2, 0.25) is 0 Å². The molecule has 0 aliphatic carbocycles. The van der Waals surface area contributed by atoms with E-state index >= 15 is 0 Å². The summed E-state index contributed by atoms with van der Waals surface area (Å²) < 4.78 is 7.08. The predicted octanol–water partition coefficient (Wildman–Crippen LogP) is 2.32. The summed E-state index contributed by atoms with van der Waals surface area (Å²) in [6, 6.07) is 0. The zero-order chi connectivity index (χ0) is 21.3. The molecule has 2 rings (SSSR count). The molecule has 0 amide bonds. The minimum Gasteiger partial charge on any atom is -0.456 e. The van der Waals surface area contributed by atoms with E-state index in [1.54, 1.807) is 61.1 Å². The highest BCUT2D eigenvalue weighted by molar-refractivity contribution is 6.07. The second-order valence-electron chi connectivity index (χ2n) is 7.94. The van der Waals surface area contributed by atoms with Gasteiger partial charge in [0.2, 0.25) is 0 Å². The number of pyridine rings is 1. The Morgan fingerprint density at radius 3 is 2.61 bits per heavy atom. The first-order valence-electron chi connectivity index (χ1n) is 8.98. The summed E-state index contributed by atoms with van der Waals surface area (Å²) in [5.41, 5.74) is -0.710. The normalized spacial score (nSPS) is 12.3. The zero-order valence-corrected chi connectivity index (χ0v) is 17.4. The number of aromatic amines is 1. The number of aliphatic imine (C=N–C) groups is 1. The molecule has 2 aromatic heterocycles. The topological polar surface area (TPSA) is 96.7 Å². The number of hydrogen-bond donors (Lipinski definition) is 2. The fraction of sp³-hybridized carbons (Fsp3) is 0.476. The highest BCUT2D eigenvalue weighted by Crippen LogP contribution is 2.26. The molecule has 7 nitrogen and oxygen atoms in total. The molecule has 2 heterocycles. The number of ether oxygens (including phenoxy) is 1. The number of nitrogens with zero attached hydrogens (tertiary/aromatic N) is 2. The van der Waals surface area contributed by atoms with E-state index in [1.807, 2.05) is 0 Å². The van der Waals surface area contributed by atoms with Crippen molar-refractivity contribution in [3.8, 4) is 11.8 Å². The molecule has 0 spiro atoms. The smallest absolute Gasteiger partial charge is 0.341 e. The van der Waals surface area contributed by atoms with Crippen molar-refractivity contribution in [2.45, 2.75) is 52.2 Å². The van der Waals surface area contributed by atoms with E-state index in [2.05, 4.69) is 21.8 Å². The monoisotopic (exact) mass is 385 g/mol. The van der Waals surface area contributed by atoms with E-state index in [0.29, 0.717) is 23.1 Å². The van der Waals surface area contributed by atoms with Crippen LogP contribution >= 0.6 is 0 Å². The van der Waals surface area contributed by atoms with Gasteiger partial charge in [-0.1, -0.05) is 11.8 Å². The van der Waals surface area contributed by atoms with Crippen LogP contribution in [0.5, 0.6) is 0 Å². The molecule has 0 aliphatic heterocycles. The molecule has 0 unspecified atom stereocenters. The zero-order valence-electron chi connectivity index (χ0n) is 17.4. The maximum Gasteiger partial charge on any atom is 0.341 e. The lowest BCUT2D eigenvalue weighted by atomic mass is 10.0. The third-order valence-corrected chi connectivity index (χ3v) is 4.16. The van der Waals surface area contributed by atoms with Gasteiger partial charge in [-0.25, -0.2) is 4.79 Å². The molecular weight excluding hydrogens is 358 g/mol. The van der Waals surface area contributed by atoms with Crippen LogP contribution in [0.25, 0.3) is 10.9 Å². The van der Waals surface area contributed by atoms with E-state index in [0.717, 1.165) is 0 Å². The molecule has 0 saturated heterocycles. The van der Waals surface area contributed by atoms with Crippen molar-refractivity contribution in [3.63, 3.8) is 0 Å². The van der Waals surface area contributed by atoms with Gasteiger partial charge in [-0.2, -0.15) is 0 Å². The molecule has 0 aliphatic rings. The maximum absolute atomic E-state index is 13.0. The molecular formula is C21H27N3O4. The van der Waals surface area contributed by atoms with Gasteiger partial charge < -0.3 is 24.4 Å². The average molecular weight is 385 g/mol. The molecule has 0 aromatic carbocycles. The quantitative estimate of drug-likeness (QED) is 0.480. The standard InChI is InChI=1S/C21H27N3O4/c1-13-15(19(26)28-21(4,5)10-11-22-6)16-14(8-9-20(2,3)27)12-24(7)18(25)17(16)23-13/h11-12,23,27H,10H2,1-7H3. The number of H-pyrrole nitrogens is 1. The highest BCUT2D eigenvalue weighted by atomic mass is 16.6. The Bertz CT molecular complexity index is 1050. The molecule has 7 heteroatoms. The Balaban J connectivity index is 2.68. The van der Waals surface area contributed by atoms with Gasteiger partial charge >= 0.3 is 5.97 Å². The molecule has 28 heavy (non-hydrogen) atoms. The SMILES string of the molecule is CN=CCC(C)(C)OC(=O)c1c(C)[nH]c2c(=O)n(C)cc(C#CC(C)(C)O)c12. The minimum atomic E-state index is -1.21. The fourth-order valence-corrected chi connectivity index (χ4v) is 2.77. The van der Waals surface area contributed by atoms with Crippen LogP contribution in [0.4, 0.5) is 0 Å². The molecule has 0 atom stereocenters. The summed E-state index contributed by atoms with van der Waals surface area (Å²) in [5.74, 6) is 5.08. The van der Waals surface area contributed by atoms with Crippen LogP contribution in [-0.2, 0) is 11.8 Å². The molecule has 2 N–H and O–H groups in total. The lowest BCUT2D eigenvalue weighted by Gasteiger charge is -2.23. The van der Waals surface area contributed by atoms with Crippen LogP contribution in [0, 0.1) is 18.8 Å². The minimum absolute atomic E-state index is 0.272. The lowest BCUT2D eigenvalue weighted by Crippen LogP contribution is -2.29. The number of aliphatic hydroxyl groups is 1. The Hall–Kier alpha value is -2.85. The molecule has 0 bridgehead atoms. The Kier molecular flexibility index (Phi) is 5.86. The van der Waals surface area contributed by atoms with Crippen molar-refractivity contribution in [1.82, 2.24) is 9.55 Å². The Morgan fingerprint density at radius 1 is 1.39 bits per heavy atom. The first-order valence-corrected chi connectivity index (χ1v) is 8.98. The summed E-state index contributed by atoms with van der Waals surface area (Å²) in [6.45, 7) is 8.43. The van der Waals surface area contributed by atoms with E-state index in [1.165, 1.54) is 4.57 Å². The van der Waals surface area contributed by atoms with Gasteiger partial charge in [0.1, 0.15) is 16.7 Å². The number of carbonyl (C=O) groups excluding carboxylic acids is 1. The third kappa shape index (κ3) is 4.70. The van der Waals surface area contributed by atoms with E-state index in [-0.39, 0.29) is 16.6 Å². The number of carbonyl (C=O) groups is 1. The van der Waals surface area contributed by atoms with E-state index in [4.69, 9.17) is 4.74 Å². The first-order chi connectivity index (χ1) is 12.9. The van der Waals surface area contributed by atoms with Crippen molar-refractivity contribution in [2.24, 2.45) is 12.0 Å². The third-order valence-electron chi connectivity index (χ3n) is 4.16. The van der Waals surface area contributed by atoms with Crippen molar-refractivity contribution in [3.05, 3.63) is 33.4 Å². The lowest BCUT2D eigenvalue weighted by molar-refractivity contribution is 0.00275. The Morgan fingerprint density at radius 2 is 2.04 bits per heavy atom. The fourth-order valence-electron chi connectivity index (χ4n) is 2.77. The van der Waals surface area contributed by atoms with Crippen LogP contribution in [0.1, 0.15) is 55.7 Å². The van der Waals surface area contributed by atoms with Crippen LogP contribution < -0.4 is 5.56 Å². The number of fused-ring (bicyclic) bond motifs is 1. The molecule has 2 aromatic rings. The van der Waals surface area contributed by atoms with Crippen LogP contribution in [0.3, 0.4) is 0 Å². The van der Waals surface area contributed by atoms with Gasteiger partial charge in [0.15, 0.2) is 0 Å². The summed E-state index contributed by atoms with van der Waals surface area (Å²) in [4.78, 5) is 32.5. The molecule has 0 fully saturated rings. The van der Waals surface area contributed by atoms with Crippen LogP contribution in [0.15, 0.2) is 16.0 Å². The second-order valence-corrected chi connectivity index (χ2v) is 7.94. The molecule has 150 valence electrons. The summed E-state index contributed by atoms with van der Waals surface area (Å²) >= 11 is 0. The van der Waals surface area contributed by atoms with E-state index < -0.39 is 17.2 Å². The number of aromatic nitrogens is 2. The molecule has 0 radical (unpaired) electrons. The van der Waals surface area contributed by atoms with Crippen molar-refractivity contribution in [2.75, 3.05) is 7.05 Å². The molecule has 0 saturated carbocycles. The van der Waals surface area contributed by atoms with Crippen molar-refractivity contribution >= 4 is 23.1 Å². The van der Waals surface area contributed by atoms with Gasteiger partial charge in [-0.15, -0.1) is 0 Å². The summed E-state index contributed by atoms with van der Waals surface area (Å²) in [5, 5.41) is 10.3. The maximum atomic E-state index is 13.0. The van der Waals surface area contributed by atoms with E-state index in [9.17, 15) is 14.7 Å². The predicted molar refractivity (Wildman–Crippen MR) is 110 cm³/mol. The van der Waals surface area contributed by atoms with Gasteiger partial charge in [-0.3, -0.25) is 4.79 Å². The Labute approximate surface area is 164 Å². The first kappa shape index (κ1) is 21.5. The van der Waals surface area contributed by atoms with Crippen molar-refractivity contribution < 1.29 is 14.6 Å². The average Bonchev–Trinajstić information content (AvgIpc) is 2.91. The highest BCUT2D eigenvalue weighted by Gasteiger charge is 2.28. The van der Waals surface area contributed by atoms with Crippen LogP contribution in [-0.4, -0.2) is 45.1 Å².